The average Bonchev–Trinajstić information content (AvgIpc) is 2.36. The Balaban J connectivity index is 2.29. The van der Waals surface area contributed by atoms with Crippen LogP contribution in [-0.4, -0.2) is 46.2 Å². The Hall–Kier alpha value is -1.99. The molecule has 0 saturated carbocycles. The number of rotatable bonds is 4. The van der Waals surface area contributed by atoms with Gasteiger partial charge in [-0.1, -0.05) is 12.1 Å². The number of aromatic carboxylic acids is 1. The van der Waals surface area contributed by atoms with Gasteiger partial charge >= 0.3 is 5.97 Å². The zero-order valence-corrected chi connectivity index (χ0v) is 12.0. The van der Waals surface area contributed by atoms with E-state index in [0.717, 1.165) is 0 Å². The maximum atomic E-state index is 11.4. The van der Waals surface area contributed by atoms with Crippen LogP contribution in [0.25, 0.3) is 0 Å². The minimum absolute atomic E-state index is 0.0562. The van der Waals surface area contributed by atoms with E-state index in [9.17, 15) is 20.0 Å². The molecule has 0 aromatic heterocycles. The van der Waals surface area contributed by atoms with Crippen LogP contribution in [0.4, 0.5) is 5.69 Å². The number of benzene rings is 1. The average molecular weight is 294 g/mol. The second-order valence-corrected chi connectivity index (χ2v) is 5.32. The topological polar surface area (TPSA) is 92.9 Å². The summed E-state index contributed by atoms with van der Waals surface area (Å²) in [5, 5.41) is 20.3. The van der Waals surface area contributed by atoms with Gasteiger partial charge in [0.2, 0.25) is 0 Å². The lowest BCUT2D eigenvalue weighted by Gasteiger charge is -2.35. The van der Waals surface area contributed by atoms with Gasteiger partial charge in [0.05, 0.1) is 17.1 Å². The molecule has 1 aliphatic heterocycles. The first-order valence-corrected chi connectivity index (χ1v) is 6.76. The number of carboxylic acid groups (broad SMARTS) is 1. The molecule has 0 radical (unpaired) electrons. The van der Waals surface area contributed by atoms with E-state index < -0.39 is 10.9 Å². The Morgan fingerprint density at radius 1 is 1.43 bits per heavy atom. The van der Waals surface area contributed by atoms with Crippen LogP contribution in [0.3, 0.4) is 0 Å². The van der Waals surface area contributed by atoms with Gasteiger partial charge in [-0.05, 0) is 19.4 Å². The maximum absolute atomic E-state index is 11.4. The van der Waals surface area contributed by atoms with E-state index in [2.05, 4.69) is 4.90 Å². The molecule has 0 unspecified atom stereocenters. The molecule has 0 amide bonds. The van der Waals surface area contributed by atoms with Crippen molar-refractivity contribution in [3.63, 3.8) is 0 Å². The Morgan fingerprint density at radius 3 is 2.57 bits per heavy atom. The molecular formula is C14H18N2O5. The first kappa shape index (κ1) is 15.4. The van der Waals surface area contributed by atoms with Gasteiger partial charge in [0, 0.05) is 25.7 Å². The minimum atomic E-state index is -1.27. The normalized spacial score (nSPS) is 23.0. The molecule has 0 spiro atoms. The van der Waals surface area contributed by atoms with E-state index in [1.54, 1.807) is 6.07 Å². The number of hydrogen-bond acceptors (Lipinski definition) is 5. The predicted octanol–water partition coefficient (Wildman–Crippen LogP) is 1.90. The molecule has 1 aromatic rings. The van der Waals surface area contributed by atoms with E-state index in [1.165, 1.54) is 12.1 Å². The molecule has 0 aliphatic carbocycles. The third-order valence-electron chi connectivity index (χ3n) is 3.43. The molecule has 2 rings (SSSR count). The first-order chi connectivity index (χ1) is 9.88. The van der Waals surface area contributed by atoms with Crippen LogP contribution in [0.2, 0.25) is 0 Å². The largest absolute Gasteiger partial charge is 0.477 e. The summed E-state index contributed by atoms with van der Waals surface area (Å²) in [5.41, 5.74) is -0.137. The van der Waals surface area contributed by atoms with E-state index in [0.29, 0.717) is 25.2 Å². The van der Waals surface area contributed by atoms with Crippen LogP contribution in [0.1, 0.15) is 29.8 Å². The van der Waals surface area contributed by atoms with Crippen LogP contribution < -0.4 is 0 Å². The fourth-order valence-electron chi connectivity index (χ4n) is 2.77. The van der Waals surface area contributed by atoms with Crippen molar-refractivity contribution in [2.75, 3.05) is 13.1 Å². The van der Waals surface area contributed by atoms with Crippen molar-refractivity contribution in [3.05, 3.63) is 39.4 Å². The number of nitrogens with zero attached hydrogens (tertiary/aromatic N) is 2. The summed E-state index contributed by atoms with van der Waals surface area (Å²) in [6.45, 7) is 5.61. The van der Waals surface area contributed by atoms with Crippen molar-refractivity contribution in [1.29, 1.82) is 0 Å². The Kier molecular flexibility index (Phi) is 4.54. The van der Waals surface area contributed by atoms with Crippen molar-refractivity contribution in [2.45, 2.75) is 32.6 Å². The van der Waals surface area contributed by atoms with E-state index in [1.807, 2.05) is 13.8 Å². The number of nitro groups is 1. The van der Waals surface area contributed by atoms with E-state index in [-0.39, 0.29) is 23.5 Å². The molecule has 21 heavy (non-hydrogen) atoms. The molecule has 7 heteroatoms. The molecular weight excluding hydrogens is 276 g/mol. The van der Waals surface area contributed by atoms with Gasteiger partial charge in [-0.3, -0.25) is 15.0 Å². The van der Waals surface area contributed by atoms with Crippen molar-refractivity contribution in [1.82, 2.24) is 4.90 Å². The van der Waals surface area contributed by atoms with Crippen molar-refractivity contribution < 1.29 is 19.6 Å². The van der Waals surface area contributed by atoms with Crippen molar-refractivity contribution >= 4 is 11.7 Å². The molecule has 1 aromatic carbocycles. The predicted molar refractivity (Wildman–Crippen MR) is 75.3 cm³/mol. The summed E-state index contributed by atoms with van der Waals surface area (Å²) in [4.78, 5) is 23.8. The molecule has 1 fully saturated rings. The number of carbonyl (C=O) groups is 1. The molecule has 2 atom stereocenters. The summed E-state index contributed by atoms with van der Waals surface area (Å²) in [6, 6.07) is 4.37. The fraction of sp³-hybridized carbons (Fsp3) is 0.500. The summed E-state index contributed by atoms with van der Waals surface area (Å²) in [6.07, 6.45) is 0.112. The number of nitro benzene ring substituents is 1. The van der Waals surface area contributed by atoms with Gasteiger partial charge < -0.3 is 9.84 Å². The van der Waals surface area contributed by atoms with Gasteiger partial charge in [0.15, 0.2) is 0 Å². The first-order valence-electron chi connectivity index (χ1n) is 6.76. The summed E-state index contributed by atoms with van der Waals surface area (Å²) in [5.74, 6) is -1.27. The molecule has 1 heterocycles. The third-order valence-corrected chi connectivity index (χ3v) is 3.43. The van der Waals surface area contributed by atoms with Gasteiger partial charge in [-0.25, -0.2) is 4.79 Å². The third kappa shape index (κ3) is 3.56. The second kappa shape index (κ2) is 6.19. The molecule has 7 nitrogen and oxygen atoms in total. The Morgan fingerprint density at radius 2 is 2.05 bits per heavy atom. The van der Waals surface area contributed by atoms with Crippen LogP contribution in [0, 0.1) is 10.1 Å². The SMILES string of the molecule is C[C@@H]1CN(Cc2cccc([N+](=O)[O-])c2C(=O)O)C[C@H](C)O1. The van der Waals surface area contributed by atoms with Crippen LogP contribution in [0.5, 0.6) is 0 Å². The number of hydrogen-bond donors (Lipinski definition) is 1. The lowest BCUT2D eigenvalue weighted by atomic mass is 10.0. The lowest BCUT2D eigenvalue weighted by Crippen LogP contribution is -2.45. The second-order valence-electron chi connectivity index (χ2n) is 5.32. The summed E-state index contributed by atoms with van der Waals surface area (Å²) >= 11 is 0. The zero-order chi connectivity index (χ0) is 15.6. The minimum Gasteiger partial charge on any atom is -0.477 e. The smallest absolute Gasteiger partial charge is 0.343 e. The molecule has 1 aliphatic rings. The summed E-state index contributed by atoms with van der Waals surface area (Å²) < 4.78 is 5.63. The van der Waals surface area contributed by atoms with Gasteiger partial charge in [0.25, 0.3) is 5.69 Å². The van der Waals surface area contributed by atoms with Gasteiger partial charge in [-0.15, -0.1) is 0 Å². The number of morpholine rings is 1. The van der Waals surface area contributed by atoms with E-state index >= 15 is 0 Å². The highest BCUT2D eigenvalue weighted by Gasteiger charge is 2.27. The molecule has 1 N–H and O–H groups in total. The van der Waals surface area contributed by atoms with Crippen molar-refractivity contribution in [3.8, 4) is 0 Å². The zero-order valence-electron chi connectivity index (χ0n) is 12.0. The monoisotopic (exact) mass is 294 g/mol. The summed E-state index contributed by atoms with van der Waals surface area (Å²) in [7, 11) is 0. The standard InChI is InChI=1S/C14H18N2O5/c1-9-6-15(7-10(2)21-9)8-11-4-3-5-12(16(19)20)13(11)14(17)18/h3-5,9-10H,6-8H2,1-2H3,(H,17,18)/t9-,10+. The van der Waals surface area contributed by atoms with Crippen molar-refractivity contribution in [2.24, 2.45) is 0 Å². The highest BCUT2D eigenvalue weighted by Crippen LogP contribution is 2.24. The number of ether oxygens (including phenoxy) is 1. The highest BCUT2D eigenvalue weighted by molar-refractivity contribution is 5.94. The Labute approximate surface area is 122 Å². The van der Waals surface area contributed by atoms with E-state index in [4.69, 9.17) is 4.74 Å². The van der Waals surface area contributed by atoms with Crippen LogP contribution in [0.15, 0.2) is 18.2 Å². The number of carboxylic acids is 1. The maximum Gasteiger partial charge on any atom is 0.343 e. The highest BCUT2D eigenvalue weighted by atomic mass is 16.6. The van der Waals surface area contributed by atoms with Gasteiger partial charge in [-0.2, -0.15) is 0 Å². The molecule has 1 saturated heterocycles. The van der Waals surface area contributed by atoms with Crippen LogP contribution in [-0.2, 0) is 11.3 Å². The van der Waals surface area contributed by atoms with Crippen LogP contribution >= 0.6 is 0 Å². The quantitative estimate of drug-likeness (QED) is 0.673. The van der Waals surface area contributed by atoms with Gasteiger partial charge in [0.1, 0.15) is 5.56 Å². The lowest BCUT2D eigenvalue weighted by molar-refractivity contribution is -0.385. The molecule has 0 bridgehead atoms. The Bertz CT molecular complexity index is 550. The molecule has 114 valence electrons. The fourth-order valence-corrected chi connectivity index (χ4v) is 2.77.